The molecule has 6 nitrogen and oxygen atoms in total. The van der Waals surface area contributed by atoms with E-state index < -0.39 is 0 Å². The van der Waals surface area contributed by atoms with Crippen molar-refractivity contribution in [1.82, 2.24) is 9.13 Å². The second-order valence-electron chi connectivity index (χ2n) is 6.30. The molecule has 1 aromatic heterocycles. The zero-order valence-corrected chi connectivity index (χ0v) is 14.0. The predicted molar refractivity (Wildman–Crippen MR) is 87.8 cm³/mol. The summed E-state index contributed by atoms with van der Waals surface area (Å²) in [5.41, 5.74) is 5.47. The lowest BCUT2D eigenvalue weighted by Gasteiger charge is -2.30. The van der Waals surface area contributed by atoms with Crippen LogP contribution in [0.15, 0.2) is 9.59 Å². The minimum Gasteiger partial charge on any atom is -0.383 e. The van der Waals surface area contributed by atoms with E-state index in [4.69, 9.17) is 5.73 Å². The molecule has 3 N–H and O–H groups in total. The Labute approximate surface area is 126 Å². The second kappa shape index (κ2) is 6.37. The fourth-order valence-electron chi connectivity index (χ4n) is 2.17. The van der Waals surface area contributed by atoms with Crippen molar-refractivity contribution in [3.8, 4) is 0 Å². The quantitative estimate of drug-likeness (QED) is 0.838. The van der Waals surface area contributed by atoms with Crippen LogP contribution >= 0.6 is 0 Å². The van der Waals surface area contributed by atoms with Crippen molar-refractivity contribution in [3.05, 3.63) is 20.8 Å². The van der Waals surface area contributed by atoms with Gasteiger partial charge in [0.15, 0.2) is 0 Å². The summed E-state index contributed by atoms with van der Waals surface area (Å²) in [7, 11) is 1.49. The van der Waals surface area contributed by atoms with Gasteiger partial charge < -0.3 is 11.1 Å². The first kappa shape index (κ1) is 17.3. The van der Waals surface area contributed by atoms with E-state index in [0.717, 1.165) is 17.4 Å². The van der Waals surface area contributed by atoms with Gasteiger partial charge in [0.05, 0.1) is 0 Å². The van der Waals surface area contributed by atoms with E-state index >= 15 is 0 Å². The summed E-state index contributed by atoms with van der Waals surface area (Å²) in [6.07, 6.45) is 1.71. The first-order valence-corrected chi connectivity index (χ1v) is 7.54. The van der Waals surface area contributed by atoms with E-state index in [1.807, 2.05) is 20.8 Å². The van der Waals surface area contributed by atoms with Crippen LogP contribution in [-0.2, 0) is 13.6 Å². The molecule has 1 rings (SSSR count). The van der Waals surface area contributed by atoms with E-state index in [1.54, 1.807) is 0 Å². The van der Waals surface area contributed by atoms with Gasteiger partial charge in [-0.25, -0.2) is 4.79 Å². The molecule has 0 saturated heterocycles. The number of nitrogen functional groups attached to an aromatic ring is 1. The van der Waals surface area contributed by atoms with Crippen molar-refractivity contribution in [1.29, 1.82) is 0 Å². The van der Waals surface area contributed by atoms with Gasteiger partial charge in [-0.2, -0.15) is 0 Å². The van der Waals surface area contributed by atoms with Gasteiger partial charge in [0, 0.05) is 19.1 Å². The Morgan fingerprint density at radius 2 is 1.76 bits per heavy atom. The largest absolute Gasteiger partial charge is 0.383 e. The number of aromatic nitrogens is 2. The third-order valence-corrected chi connectivity index (χ3v) is 4.12. The Hall–Kier alpha value is -1.72. The van der Waals surface area contributed by atoms with Crippen molar-refractivity contribution in [2.45, 2.75) is 59.5 Å². The molecule has 0 unspecified atom stereocenters. The van der Waals surface area contributed by atoms with Gasteiger partial charge in [0.2, 0.25) is 0 Å². The monoisotopic (exact) mass is 296 g/mol. The first-order valence-electron chi connectivity index (χ1n) is 7.54. The number of hydrogen-bond acceptors (Lipinski definition) is 4. The number of rotatable bonds is 6. The van der Waals surface area contributed by atoms with Crippen molar-refractivity contribution in [2.24, 2.45) is 13.0 Å². The zero-order chi connectivity index (χ0) is 16.4. The van der Waals surface area contributed by atoms with Crippen molar-refractivity contribution >= 4 is 11.5 Å². The molecule has 1 heterocycles. The molecule has 0 aliphatic heterocycles. The molecule has 120 valence electrons. The fraction of sp³-hybridized carbons (Fsp3) is 0.733. The number of nitrogens with two attached hydrogens (primary N) is 1. The lowest BCUT2D eigenvalue weighted by atomic mass is 9.95. The average molecular weight is 296 g/mol. The highest BCUT2D eigenvalue weighted by Crippen LogP contribution is 2.22. The Morgan fingerprint density at radius 1 is 1.24 bits per heavy atom. The Bertz CT molecular complexity index is 609. The number of hydrogen-bond donors (Lipinski definition) is 2. The fourth-order valence-corrected chi connectivity index (χ4v) is 2.17. The first-order chi connectivity index (χ1) is 9.66. The van der Waals surface area contributed by atoms with E-state index in [-0.39, 0.29) is 28.5 Å². The molecule has 0 bridgehead atoms. The molecular formula is C15H28N4O2. The minimum absolute atomic E-state index is 0.222. The molecular weight excluding hydrogens is 268 g/mol. The number of nitrogens with one attached hydrogen (secondary N) is 1. The molecule has 6 heteroatoms. The molecule has 1 aromatic rings. The predicted octanol–water partition coefficient (Wildman–Crippen LogP) is 1.78. The lowest BCUT2D eigenvalue weighted by Crippen LogP contribution is -2.44. The summed E-state index contributed by atoms with van der Waals surface area (Å²) in [5.74, 6) is 0.490. The highest BCUT2D eigenvalue weighted by atomic mass is 16.2. The smallest absolute Gasteiger partial charge is 0.332 e. The lowest BCUT2D eigenvalue weighted by molar-refractivity contribution is 0.470. The zero-order valence-electron chi connectivity index (χ0n) is 14.0. The van der Waals surface area contributed by atoms with Crippen LogP contribution in [0.2, 0.25) is 0 Å². The summed E-state index contributed by atoms with van der Waals surface area (Å²) >= 11 is 0. The molecule has 0 atom stereocenters. The molecule has 0 saturated carbocycles. The van der Waals surface area contributed by atoms with Crippen LogP contribution in [0, 0.1) is 5.92 Å². The molecule has 0 radical (unpaired) electrons. The molecule has 21 heavy (non-hydrogen) atoms. The molecule has 0 spiro atoms. The van der Waals surface area contributed by atoms with E-state index in [1.165, 1.54) is 11.6 Å². The molecule has 0 fully saturated rings. The highest BCUT2D eigenvalue weighted by Gasteiger charge is 2.24. The Kier molecular flexibility index (Phi) is 5.25. The van der Waals surface area contributed by atoms with Crippen LogP contribution in [-0.4, -0.2) is 14.7 Å². The van der Waals surface area contributed by atoms with Gasteiger partial charge >= 0.3 is 5.69 Å². The van der Waals surface area contributed by atoms with Gasteiger partial charge in [0.1, 0.15) is 11.5 Å². The molecule has 0 aliphatic carbocycles. The highest BCUT2D eigenvalue weighted by molar-refractivity contribution is 5.61. The van der Waals surface area contributed by atoms with Crippen molar-refractivity contribution < 1.29 is 0 Å². The van der Waals surface area contributed by atoms with Crippen molar-refractivity contribution in [3.63, 3.8) is 0 Å². The average Bonchev–Trinajstić information content (AvgIpc) is 2.45. The van der Waals surface area contributed by atoms with Gasteiger partial charge in [-0.15, -0.1) is 0 Å². The SMILES string of the molecule is CCC(C)(CC)Nc1c(N)n(CC(C)C)c(=O)n(C)c1=O. The number of nitrogens with zero attached hydrogens (tertiary/aromatic N) is 2. The summed E-state index contributed by atoms with van der Waals surface area (Å²) in [6.45, 7) is 10.7. The number of anilines is 2. The topological polar surface area (TPSA) is 82.0 Å². The van der Waals surface area contributed by atoms with Crippen LogP contribution in [0.3, 0.4) is 0 Å². The van der Waals surface area contributed by atoms with Crippen molar-refractivity contribution in [2.75, 3.05) is 11.1 Å². The van der Waals surface area contributed by atoms with Gasteiger partial charge in [-0.1, -0.05) is 27.7 Å². The maximum Gasteiger partial charge on any atom is 0.332 e. The summed E-state index contributed by atoms with van der Waals surface area (Å²) in [4.78, 5) is 24.6. The van der Waals surface area contributed by atoms with Crippen LogP contribution in [0.5, 0.6) is 0 Å². The molecule has 0 amide bonds. The normalized spacial score (nSPS) is 12.0. The minimum atomic E-state index is -0.370. The van der Waals surface area contributed by atoms with Crippen LogP contribution in [0.25, 0.3) is 0 Å². The summed E-state index contributed by atoms with van der Waals surface area (Å²) in [6, 6.07) is 0. The van der Waals surface area contributed by atoms with Gasteiger partial charge in [-0.3, -0.25) is 13.9 Å². The van der Waals surface area contributed by atoms with E-state index in [0.29, 0.717) is 12.2 Å². The van der Waals surface area contributed by atoms with Crippen LogP contribution in [0.4, 0.5) is 11.5 Å². The third kappa shape index (κ3) is 3.49. The second-order valence-corrected chi connectivity index (χ2v) is 6.30. The Balaban J connectivity index is 3.49. The van der Waals surface area contributed by atoms with Gasteiger partial charge in [-0.05, 0) is 25.7 Å². The Morgan fingerprint density at radius 3 is 2.19 bits per heavy atom. The van der Waals surface area contributed by atoms with E-state index in [9.17, 15) is 9.59 Å². The maximum atomic E-state index is 12.4. The van der Waals surface area contributed by atoms with Crippen LogP contribution < -0.4 is 22.3 Å². The van der Waals surface area contributed by atoms with Crippen LogP contribution in [0.1, 0.15) is 47.5 Å². The molecule has 0 aromatic carbocycles. The van der Waals surface area contributed by atoms with Gasteiger partial charge in [0.25, 0.3) is 5.56 Å². The molecule has 0 aliphatic rings. The maximum absolute atomic E-state index is 12.4. The summed E-state index contributed by atoms with van der Waals surface area (Å²) < 4.78 is 2.59. The standard InChI is InChI=1S/C15H28N4O2/c1-7-15(5,8-2)17-11-12(16)19(9-10(3)4)14(21)18(6)13(11)20/h10,17H,7-9,16H2,1-6H3. The third-order valence-electron chi connectivity index (χ3n) is 4.12. The summed E-state index contributed by atoms with van der Waals surface area (Å²) in [5, 5.41) is 3.25. The van der Waals surface area contributed by atoms with E-state index in [2.05, 4.69) is 19.2 Å².